The van der Waals surface area contributed by atoms with Gasteiger partial charge in [0.25, 0.3) is 0 Å². The highest BCUT2D eigenvalue weighted by Crippen LogP contribution is 2.14. The molecular weight excluding hydrogens is 136 g/mol. The largest absolute Gasteiger partial charge is 0.304 e. The Balaban J connectivity index is 3.60. The topological polar surface area (TPSA) is 6.48 Å². The van der Waals surface area contributed by atoms with Crippen LogP contribution >= 0.6 is 0 Å². The average Bonchev–Trinajstić information content (AvgIpc) is 2.10. The zero-order valence-electron chi connectivity index (χ0n) is 15.4. The van der Waals surface area contributed by atoms with Crippen molar-refractivity contribution in [3.05, 3.63) is 0 Å². The van der Waals surface area contributed by atoms with Crippen LogP contribution in [0.4, 0.5) is 0 Å². The molecule has 0 bridgehead atoms. The van der Waals surface area contributed by atoms with E-state index in [0.29, 0.717) is 9.80 Å². The highest BCUT2D eigenvalue weighted by molar-refractivity contribution is 4.80. The highest BCUT2D eigenvalue weighted by Gasteiger charge is 2.23. The minimum Gasteiger partial charge on any atom is -0.304 e. The maximum absolute atomic E-state index is 7.97. The standard InChI is InChI=1S/C9H20N2/c1-9(2,3)11-7-5-10(4)6-8-11/h5-8H2,1-4H3/i5D2,6D2,7D2,8D2. The molecule has 0 spiro atoms. The van der Waals surface area contributed by atoms with E-state index in [9.17, 15) is 0 Å². The van der Waals surface area contributed by atoms with E-state index in [1.807, 2.05) is 0 Å². The lowest BCUT2D eigenvalue weighted by Crippen LogP contribution is -2.52. The number of hydrogen-bond acceptors (Lipinski definition) is 2. The molecule has 1 aliphatic rings. The molecule has 1 heterocycles. The van der Waals surface area contributed by atoms with Crippen molar-refractivity contribution in [2.24, 2.45) is 0 Å². The molecule has 0 radical (unpaired) electrons. The van der Waals surface area contributed by atoms with Gasteiger partial charge in [-0.25, -0.2) is 0 Å². The van der Waals surface area contributed by atoms with E-state index in [2.05, 4.69) is 0 Å². The maximum Gasteiger partial charge on any atom is 0.0444 e. The number of hydrogen-bond donors (Lipinski definition) is 0. The molecule has 2 heteroatoms. The normalized spacial score (nSPS) is 53.1. The summed E-state index contributed by atoms with van der Waals surface area (Å²) in [7, 11) is 1.05. The quantitative estimate of drug-likeness (QED) is 0.528. The van der Waals surface area contributed by atoms with E-state index in [1.165, 1.54) is 20.8 Å². The van der Waals surface area contributed by atoms with Crippen molar-refractivity contribution < 1.29 is 11.0 Å². The second kappa shape index (κ2) is 3.11. The lowest BCUT2D eigenvalue weighted by Gasteiger charge is -2.41. The van der Waals surface area contributed by atoms with Crippen LogP contribution in [0, 0.1) is 0 Å². The molecule has 1 aliphatic heterocycles. The maximum atomic E-state index is 7.97. The Morgan fingerprint density at radius 2 is 1.55 bits per heavy atom. The van der Waals surface area contributed by atoms with Gasteiger partial charge in [-0.2, -0.15) is 0 Å². The SMILES string of the molecule is [2H]C1([2H])N(C)C([2H])([2H])C([2H])([2H])N(C(C)(C)C)C1([2H])[2H]. The molecular formula is C9H20N2. The first kappa shape index (κ1) is 3.00. The molecule has 0 amide bonds. The Labute approximate surface area is 81.4 Å². The molecule has 0 aromatic heterocycles. The Morgan fingerprint density at radius 1 is 1.09 bits per heavy atom. The van der Waals surface area contributed by atoms with Crippen molar-refractivity contribution in [3.63, 3.8) is 0 Å². The van der Waals surface area contributed by atoms with E-state index in [4.69, 9.17) is 11.0 Å². The highest BCUT2D eigenvalue weighted by atomic mass is 15.3. The van der Waals surface area contributed by atoms with Gasteiger partial charge in [-0.1, -0.05) is 0 Å². The predicted molar refractivity (Wildman–Crippen MR) is 48.8 cm³/mol. The zero-order chi connectivity index (χ0) is 15.7. The summed E-state index contributed by atoms with van der Waals surface area (Å²) in [6.45, 7) is -6.13. The second-order valence-electron chi connectivity index (χ2n) is 3.51. The minimum absolute atomic E-state index is 0.488. The molecule has 0 unspecified atom stereocenters. The fraction of sp³-hybridized carbons (Fsp3) is 1.00. The van der Waals surface area contributed by atoms with Gasteiger partial charge in [0.1, 0.15) is 0 Å². The van der Waals surface area contributed by atoms with Gasteiger partial charge in [-0.15, -0.1) is 0 Å². The summed E-state index contributed by atoms with van der Waals surface area (Å²) in [5.74, 6) is 0. The average molecular weight is 164 g/mol. The first-order valence-corrected chi connectivity index (χ1v) is 3.57. The van der Waals surface area contributed by atoms with E-state index in [-0.39, 0.29) is 0 Å². The number of nitrogens with zero attached hydrogens (tertiary/aromatic N) is 2. The molecule has 1 rings (SSSR count). The molecule has 1 saturated heterocycles. The third kappa shape index (κ3) is 2.46. The van der Waals surface area contributed by atoms with Crippen LogP contribution in [-0.4, -0.2) is 48.4 Å². The molecule has 0 aromatic rings. The van der Waals surface area contributed by atoms with Crippen molar-refractivity contribution in [2.75, 3.05) is 33.0 Å². The van der Waals surface area contributed by atoms with Crippen molar-refractivity contribution >= 4 is 0 Å². The Hall–Kier alpha value is -0.0800. The molecule has 0 aromatic carbocycles. The minimum atomic E-state index is -2.69. The van der Waals surface area contributed by atoms with Gasteiger partial charge in [0.2, 0.25) is 0 Å². The fourth-order valence-corrected chi connectivity index (χ4v) is 0.641. The van der Waals surface area contributed by atoms with E-state index in [0.717, 1.165) is 7.05 Å². The molecule has 0 saturated carbocycles. The summed E-state index contributed by atoms with van der Waals surface area (Å²) >= 11 is 0. The third-order valence-electron chi connectivity index (χ3n) is 1.33. The van der Waals surface area contributed by atoms with Crippen LogP contribution in [-0.2, 0) is 0 Å². The van der Waals surface area contributed by atoms with Crippen LogP contribution < -0.4 is 0 Å². The predicted octanol–water partition coefficient (Wildman–Crippen LogP) is 1.03. The first-order valence-electron chi connectivity index (χ1n) is 7.57. The van der Waals surface area contributed by atoms with Crippen LogP contribution in [0.15, 0.2) is 0 Å². The van der Waals surface area contributed by atoms with Crippen molar-refractivity contribution in [1.82, 2.24) is 9.80 Å². The van der Waals surface area contributed by atoms with Gasteiger partial charge in [0.15, 0.2) is 0 Å². The van der Waals surface area contributed by atoms with Crippen LogP contribution in [0.25, 0.3) is 0 Å². The number of likely N-dealkylation sites (N-methyl/N-ethyl adjacent to an activating group) is 1. The van der Waals surface area contributed by atoms with Crippen LogP contribution in [0.2, 0.25) is 0 Å². The van der Waals surface area contributed by atoms with Gasteiger partial charge in [0, 0.05) is 42.5 Å². The Kier molecular flexibility index (Phi) is 0.850. The fourth-order valence-electron chi connectivity index (χ4n) is 0.641. The zero-order valence-corrected chi connectivity index (χ0v) is 7.39. The van der Waals surface area contributed by atoms with E-state index >= 15 is 0 Å². The van der Waals surface area contributed by atoms with Crippen molar-refractivity contribution in [1.29, 1.82) is 0 Å². The summed E-state index contributed by atoms with van der Waals surface area (Å²) in [5.41, 5.74) is -1.09. The van der Waals surface area contributed by atoms with Crippen LogP contribution in [0.5, 0.6) is 0 Å². The van der Waals surface area contributed by atoms with Gasteiger partial charge < -0.3 is 4.90 Å². The van der Waals surface area contributed by atoms with Crippen LogP contribution in [0.1, 0.15) is 31.7 Å². The monoisotopic (exact) mass is 164 g/mol. The van der Waals surface area contributed by atoms with Gasteiger partial charge in [0.05, 0.1) is 0 Å². The Morgan fingerprint density at radius 3 is 1.91 bits per heavy atom. The van der Waals surface area contributed by atoms with Gasteiger partial charge >= 0.3 is 0 Å². The summed E-state index contributed by atoms with van der Waals surface area (Å²) in [5, 5.41) is 0. The first-order chi connectivity index (χ1) is 8.02. The second-order valence-corrected chi connectivity index (χ2v) is 3.51. The lowest BCUT2D eigenvalue weighted by molar-refractivity contribution is 0.0736. The smallest absolute Gasteiger partial charge is 0.0444 e. The third-order valence-corrected chi connectivity index (χ3v) is 1.33. The number of rotatable bonds is 0. The summed E-state index contributed by atoms with van der Waals surface area (Å²) in [4.78, 5) is 1.13. The molecule has 0 atom stereocenters. The summed E-state index contributed by atoms with van der Waals surface area (Å²) in [6.07, 6.45) is 0. The Bertz CT molecular complexity index is 345. The van der Waals surface area contributed by atoms with Crippen LogP contribution in [0.3, 0.4) is 0 Å². The van der Waals surface area contributed by atoms with Crippen molar-refractivity contribution in [2.45, 2.75) is 26.3 Å². The van der Waals surface area contributed by atoms with Gasteiger partial charge in [-0.05, 0) is 27.8 Å². The summed E-state index contributed by atoms with van der Waals surface area (Å²) < 4.78 is 63.3. The molecule has 0 aliphatic carbocycles. The van der Waals surface area contributed by atoms with Crippen molar-refractivity contribution in [3.8, 4) is 0 Å². The molecule has 2 nitrogen and oxygen atoms in total. The molecule has 11 heavy (non-hydrogen) atoms. The number of piperazine rings is 1. The molecule has 0 N–H and O–H groups in total. The lowest BCUT2D eigenvalue weighted by atomic mass is 10.1. The molecule has 66 valence electrons. The summed E-state index contributed by atoms with van der Waals surface area (Å²) in [6, 6.07) is 0. The van der Waals surface area contributed by atoms with E-state index in [1.54, 1.807) is 0 Å². The van der Waals surface area contributed by atoms with Gasteiger partial charge in [-0.3, -0.25) is 4.90 Å². The van der Waals surface area contributed by atoms with E-state index < -0.39 is 31.5 Å². The molecule has 1 fully saturated rings.